The number of nitrogens with zero attached hydrogens (tertiary/aromatic N) is 1. The molecule has 2 amide bonds. The smallest absolute Gasteiger partial charge is 0.255 e. The fraction of sp³-hybridized carbons (Fsp3) is 0.417. The van der Waals surface area contributed by atoms with E-state index in [0.717, 1.165) is 23.5 Å². The van der Waals surface area contributed by atoms with Crippen molar-refractivity contribution in [3.63, 3.8) is 0 Å². The van der Waals surface area contributed by atoms with Crippen molar-refractivity contribution in [1.29, 1.82) is 0 Å². The zero-order chi connectivity index (χ0) is 22.1. The third-order valence-corrected chi connectivity index (χ3v) is 5.50. The van der Waals surface area contributed by atoms with Crippen LogP contribution in [-0.4, -0.2) is 57.2 Å². The highest BCUT2D eigenvalue weighted by Gasteiger charge is 2.28. The Hall–Kier alpha value is -3.06. The highest BCUT2D eigenvalue weighted by Crippen LogP contribution is 2.26. The first-order valence-electron chi connectivity index (χ1n) is 10.7. The van der Waals surface area contributed by atoms with Gasteiger partial charge in [0.1, 0.15) is 5.75 Å². The number of anilines is 2. The lowest BCUT2D eigenvalue weighted by molar-refractivity contribution is -0.126. The summed E-state index contributed by atoms with van der Waals surface area (Å²) in [6.07, 6.45) is 2.16. The number of carbonyl (C=O) groups is 2. The van der Waals surface area contributed by atoms with Crippen LogP contribution in [0.5, 0.6) is 5.75 Å². The van der Waals surface area contributed by atoms with Gasteiger partial charge in [-0.2, -0.15) is 0 Å². The molecule has 0 aromatic heterocycles. The van der Waals surface area contributed by atoms with Crippen molar-refractivity contribution in [2.75, 3.05) is 45.8 Å². The molecule has 3 rings (SSSR count). The number of rotatable bonds is 9. The summed E-state index contributed by atoms with van der Waals surface area (Å²) in [5, 5.41) is 6.29. The SMILES string of the molecule is COCCCNC(=O)C1CCN(C(=O)c2ccccc2Nc2ccc(OC)cc2)CC1. The lowest BCUT2D eigenvalue weighted by atomic mass is 9.95. The third-order valence-electron chi connectivity index (χ3n) is 5.50. The van der Waals surface area contributed by atoms with Gasteiger partial charge in [0.15, 0.2) is 0 Å². The average molecular weight is 426 g/mol. The molecule has 0 spiro atoms. The predicted molar refractivity (Wildman–Crippen MR) is 121 cm³/mol. The summed E-state index contributed by atoms with van der Waals surface area (Å²) in [6, 6.07) is 15.1. The first kappa shape index (κ1) is 22.6. The number of piperidine rings is 1. The van der Waals surface area contributed by atoms with Crippen molar-refractivity contribution >= 4 is 23.2 Å². The average Bonchev–Trinajstić information content (AvgIpc) is 2.82. The Balaban J connectivity index is 1.58. The van der Waals surface area contributed by atoms with Gasteiger partial charge in [-0.1, -0.05) is 12.1 Å². The van der Waals surface area contributed by atoms with Gasteiger partial charge in [0.05, 0.1) is 18.4 Å². The normalized spacial score (nSPS) is 14.2. The van der Waals surface area contributed by atoms with E-state index in [0.29, 0.717) is 44.6 Å². The van der Waals surface area contributed by atoms with E-state index < -0.39 is 0 Å². The number of benzene rings is 2. The summed E-state index contributed by atoms with van der Waals surface area (Å²) < 4.78 is 10.2. The third kappa shape index (κ3) is 6.21. The van der Waals surface area contributed by atoms with Crippen molar-refractivity contribution in [2.24, 2.45) is 5.92 Å². The number of methoxy groups -OCH3 is 2. The monoisotopic (exact) mass is 425 g/mol. The van der Waals surface area contributed by atoms with Crippen LogP contribution in [0.15, 0.2) is 48.5 Å². The highest BCUT2D eigenvalue weighted by atomic mass is 16.5. The zero-order valence-electron chi connectivity index (χ0n) is 18.2. The number of para-hydroxylation sites is 1. The van der Waals surface area contributed by atoms with Crippen molar-refractivity contribution in [3.8, 4) is 5.75 Å². The topological polar surface area (TPSA) is 79.9 Å². The van der Waals surface area contributed by atoms with Gasteiger partial charge in [-0.05, 0) is 55.7 Å². The van der Waals surface area contributed by atoms with E-state index in [-0.39, 0.29) is 17.7 Å². The number of hydrogen-bond acceptors (Lipinski definition) is 5. The molecule has 1 heterocycles. The lowest BCUT2D eigenvalue weighted by Gasteiger charge is -2.32. The molecule has 0 atom stereocenters. The lowest BCUT2D eigenvalue weighted by Crippen LogP contribution is -2.43. The second-order valence-electron chi connectivity index (χ2n) is 7.60. The van der Waals surface area contributed by atoms with E-state index in [1.807, 2.05) is 53.4 Å². The molecule has 0 bridgehead atoms. The molecular weight excluding hydrogens is 394 g/mol. The Bertz CT molecular complexity index is 861. The molecule has 31 heavy (non-hydrogen) atoms. The Labute approximate surface area is 183 Å². The Morgan fingerprint density at radius 3 is 2.42 bits per heavy atom. The first-order chi connectivity index (χ1) is 15.1. The summed E-state index contributed by atoms with van der Waals surface area (Å²) in [7, 11) is 3.28. The summed E-state index contributed by atoms with van der Waals surface area (Å²) in [6.45, 7) is 2.41. The summed E-state index contributed by atoms with van der Waals surface area (Å²) >= 11 is 0. The Morgan fingerprint density at radius 2 is 1.74 bits per heavy atom. The molecule has 1 fully saturated rings. The van der Waals surface area contributed by atoms with Gasteiger partial charge in [0, 0.05) is 45.0 Å². The molecule has 7 heteroatoms. The molecule has 2 N–H and O–H groups in total. The quantitative estimate of drug-likeness (QED) is 0.602. The number of likely N-dealkylation sites (tertiary alicyclic amines) is 1. The first-order valence-corrected chi connectivity index (χ1v) is 10.7. The van der Waals surface area contributed by atoms with Crippen LogP contribution in [0, 0.1) is 5.92 Å². The van der Waals surface area contributed by atoms with Crippen molar-refractivity contribution in [1.82, 2.24) is 10.2 Å². The summed E-state index contributed by atoms with van der Waals surface area (Å²) in [4.78, 5) is 27.4. The zero-order valence-corrected chi connectivity index (χ0v) is 18.2. The largest absolute Gasteiger partial charge is 0.497 e. The van der Waals surface area contributed by atoms with E-state index in [1.54, 1.807) is 14.2 Å². The van der Waals surface area contributed by atoms with Gasteiger partial charge in [-0.3, -0.25) is 9.59 Å². The van der Waals surface area contributed by atoms with Gasteiger partial charge in [0.2, 0.25) is 5.91 Å². The van der Waals surface area contributed by atoms with Gasteiger partial charge < -0.3 is 25.0 Å². The molecule has 1 saturated heterocycles. The Kier molecular flexibility index (Phi) is 8.29. The predicted octanol–water partition coefficient (Wildman–Crippen LogP) is 3.44. The molecule has 1 aliphatic heterocycles. The maximum absolute atomic E-state index is 13.2. The van der Waals surface area contributed by atoms with E-state index in [1.165, 1.54) is 0 Å². The number of ether oxygens (including phenoxy) is 2. The maximum atomic E-state index is 13.2. The van der Waals surface area contributed by atoms with Crippen molar-refractivity contribution in [3.05, 3.63) is 54.1 Å². The molecule has 0 radical (unpaired) electrons. The second kappa shape index (κ2) is 11.4. The van der Waals surface area contributed by atoms with E-state index in [4.69, 9.17) is 9.47 Å². The van der Waals surface area contributed by atoms with Crippen LogP contribution in [0.2, 0.25) is 0 Å². The summed E-state index contributed by atoms with van der Waals surface area (Å²) in [5.74, 6) is 0.792. The molecule has 0 aliphatic carbocycles. The van der Waals surface area contributed by atoms with Crippen LogP contribution in [0.1, 0.15) is 29.6 Å². The van der Waals surface area contributed by atoms with Crippen LogP contribution in [-0.2, 0) is 9.53 Å². The minimum absolute atomic E-state index is 0.0180. The molecule has 166 valence electrons. The van der Waals surface area contributed by atoms with Crippen molar-refractivity contribution in [2.45, 2.75) is 19.3 Å². The molecule has 7 nitrogen and oxygen atoms in total. The highest BCUT2D eigenvalue weighted by molar-refractivity contribution is 6.00. The molecule has 2 aromatic rings. The van der Waals surface area contributed by atoms with E-state index in [9.17, 15) is 9.59 Å². The molecule has 0 unspecified atom stereocenters. The molecule has 0 saturated carbocycles. The van der Waals surface area contributed by atoms with Crippen LogP contribution in [0.4, 0.5) is 11.4 Å². The van der Waals surface area contributed by atoms with Gasteiger partial charge >= 0.3 is 0 Å². The van der Waals surface area contributed by atoms with Crippen LogP contribution < -0.4 is 15.4 Å². The van der Waals surface area contributed by atoms with Crippen LogP contribution >= 0.6 is 0 Å². The van der Waals surface area contributed by atoms with Gasteiger partial charge in [0.25, 0.3) is 5.91 Å². The fourth-order valence-corrected chi connectivity index (χ4v) is 3.70. The van der Waals surface area contributed by atoms with E-state index in [2.05, 4.69) is 10.6 Å². The Morgan fingerprint density at radius 1 is 1.03 bits per heavy atom. The number of nitrogens with one attached hydrogen (secondary N) is 2. The van der Waals surface area contributed by atoms with Crippen LogP contribution in [0.25, 0.3) is 0 Å². The standard InChI is InChI=1S/C24H31N3O4/c1-30-17-5-14-25-23(28)18-12-15-27(16-13-18)24(29)21-6-3-4-7-22(21)26-19-8-10-20(31-2)11-9-19/h3-4,6-11,18,26H,5,12-17H2,1-2H3,(H,25,28). The minimum atomic E-state index is -0.0423. The number of carbonyl (C=O) groups excluding carboxylic acids is 2. The molecule has 2 aromatic carbocycles. The van der Waals surface area contributed by atoms with Gasteiger partial charge in [-0.25, -0.2) is 0 Å². The van der Waals surface area contributed by atoms with Crippen LogP contribution in [0.3, 0.4) is 0 Å². The fourth-order valence-electron chi connectivity index (χ4n) is 3.70. The maximum Gasteiger partial charge on any atom is 0.255 e. The summed E-state index contributed by atoms with van der Waals surface area (Å²) in [5.41, 5.74) is 2.27. The van der Waals surface area contributed by atoms with E-state index >= 15 is 0 Å². The van der Waals surface area contributed by atoms with Crippen molar-refractivity contribution < 1.29 is 19.1 Å². The molecular formula is C24H31N3O4. The van der Waals surface area contributed by atoms with Gasteiger partial charge in [-0.15, -0.1) is 0 Å². The molecule has 1 aliphatic rings. The number of hydrogen-bond donors (Lipinski definition) is 2. The second-order valence-corrected chi connectivity index (χ2v) is 7.60. The minimum Gasteiger partial charge on any atom is -0.497 e. The number of amides is 2.